The summed E-state index contributed by atoms with van der Waals surface area (Å²) in [6.45, 7) is 0.495. The quantitative estimate of drug-likeness (QED) is 0.914. The van der Waals surface area contributed by atoms with Gasteiger partial charge in [-0.05, 0) is 29.3 Å². The van der Waals surface area contributed by atoms with Crippen molar-refractivity contribution in [1.29, 1.82) is 0 Å². The number of amides is 1. The van der Waals surface area contributed by atoms with Crippen molar-refractivity contribution in [3.05, 3.63) is 53.1 Å². The molecule has 21 heavy (non-hydrogen) atoms. The fourth-order valence-corrected chi connectivity index (χ4v) is 2.57. The molecule has 3 rings (SSSR count). The fraction of sp³-hybridized carbons (Fsp3) is 0.188. The molecule has 1 atom stereocenters. The molecule has 1 unspecified atom stereocenters. The van der Waals surface area contributed by atoms with Gasteiger partial charge in [0.1, 0.15) is 11.9 Å². The monoisotopic (exact) mass is 303 g/mol. The maximum absolute atomic E-state index is 10.9. The van der Waals surface area contributed by atoms with E-state index in [-0.39, 0.29) is 6.10 Å². The van der Waals surface area contributed by atoms with Crippen molar-refractivity contribution in [3.8, 4) is 16.9 Å². The average molecular weight is 304 g/mol. The third-order valence-electron chi connectivity index (χ3n) is 3.43. The Morgan fingerprint density at radius 3 is 2.62 bits per heavy atom. The van der Waals surface area contributed by atoms with Crippen molar-refractivity contribution in [2.24, 2.45) is 5.73 Å². The third-order valence-corrected chi connectivity index (χ3v) is 3.69. The van der Waals surface area contributed by atoms with E-state index in [0.29, 0.717) is 18.1 Å². The molecule has 1 aliphatic rings. The Bertz CT molecular complexity index is 670. The van der Waals surface area contributed by atoms with Crippen LogP contribution in [0.15, 0.2) is 42.5 Å². The van der Waals surface area contributed by atoms with E-state index in [1.165, 1.54) is 0 Å². The molecule has 1 aliphatic heterocycles. The number of hydrogen-bond donors (Lipinski definition) is 1. The molecule has 2 aromatic carbocycles. The van der Waals surface area contributed by atoms with E-state index >= 15 is 0 Å². The van der Waals surface area contributed by atoms with E-state index in [0.717, 1.165) is 22.4 Å². The zero-order valence-electron chi connectivity index (χ0n) is 11.2. The van der Waals surface area contributed by atoms with E-state index in [9.17, 15) is 4.79 Å². The standard InChI is InChI=1S/C16H14ClNO3/c17-12-4-1-10(2-5-12)11-3-6-13-14(21-16(18)19)7-8-20-15(13)9-11/h1-6,9,14H,7-8H2,(H2,18,19). The summed E-state index contributed by atoms with van der Waals surface area (Å²) in [6.07, 6.45) is -0.504. The van der Waals surface area contributed by atoms with Gasteiger partial charge in [-0.1, -0.05) is 35.9 Å². The van der Waals surface area contributed by atoms with Crippen LogP contribution >= 0.6 is 11.6 Å². The summed E-state index contributed by atoms with van der Waals surface area (Å²) < 4.78 is 10.8. The van der Waals surface area contributed by atoms with Gasteiger partial charge in [0.25, 0.3) is 0 Å². The lowest BCUT2D eigenvalue weighted by atomic mass is 9.98. The van der Waals surface area contributed by atoms with Crippen LogP contribution in [0.4, 0.5) is 4.79 Å². The maximum Gasteiger partial charge on any atom is 0.405 e. The van der Waals surface area contributed by atoms with Crippen molar-refractivity contribution < 1.29 is 14.3 Å². The van der Waals surface area contributed by atoms with Crippen molar-refractivity contribution in [1.82, 2.24) is 0 Å². The Morgan fingerprint density at radius 2 is 1.90 bits per heavy atom. The van der Waals surface area contributed by atoms with Crippen LogP contribution in [0.5, 0.6) is 5.75 Å². The van der Waals surface area contributed by atoms with Crippen LogP contribution in [-0.4, -0.2) is 12.7 Å². The SMILES string of the molecule is NC(=O)OC1CCOc2cc(-c3ccc(Cl)cc3)ccc21. The molecular weight excluding hydrogens is 290 g/mol. The van der Waals surface area contributed by atoms with Crippen molar-refractivity contribution in [3.63, 3.8) is 0 Å². The first kappa shape index (κ1) is 13.8. The minimum Gasteiger partial charge on any atom is -0.493 e. The molecular formula is C16H14ClNO3. The summed E-state index contributed by atoms with van der Waals surface area (Å²) in [7, 11) is 0. The van der Waals surface area contributed by atoms with Gasteiger partial charge in [0.15, 0.2) is 0 Å². The van der Waals surface area contributed by atoms with Gasteiger partial charge in [0.05, 0.1) is 6.61 Å². The largest absolute Gasteiger partial charge is 0.493 e. The molecule has 1 heterocycles. The van der Waals surface area contributed by atoms with Gasteiger partial charge >= 0.3 is 6.09 Å². The molecule has 0 aromatic heterocycles. The van der Waals surface area contributed by atoms with Gasteiger partial charge < -0.3 is 15.2 Å². The zero-order chi connectivity index (χ0) is 14.8. The molecule has 0 spiro atoms. The minimum absolute atomic E-state index is 0.342. The molecule has 0 saturated heterocycles. The van der Waals surface area contributed by atoms with Crippen LogP contribution in [0.3, 0.4) is 0 Å². The van der Waals surface area contributed by atoms with Gasteiger partial charge in [0, 0.05) is 17.0 Å². The van der Waals surface area contributed by atoms with Crippen LogP contribution in [0, 0.1) is 0 Å². The van der Waals surface area contributed by atoms with Crippen molar-refractivity contribution >= 4 is 17.7 Å². The van der Waals surface area contributed by atoms with E-state index in [1.54, 1.807) is 0 Å². The maximum atomic E-state index is 10.9. The Labute approximate surface area is 127 Å². The lowest BCUT2D eigenvalue weighted by Gasteiger charge is -2.25. The van der Waals surface area contributed by atoms with E-state index in [1.807, 2.05) is 42.5 Å². The third kappa shape index (κ3) is 2.95. The van der Waals surface area contributed by atoms with Gasteiger partial charge in [-0.3, -0.25) is 0 Å². The van der Waals surface area contributed by atoms with E-state index in [4.69, 9.17) is 26.8 Å². The van der Waals surface area contributed by atoms with E-state index in [2.05, 4.69) is 0 Å². The number of ether oxygens (including phenoxy) is 2. The summed E-state index contributed by atoms with van der Waals surface area (Å²) in [5.74, 6) is 0.722. The molecule has 5 heteroatoms. The predicted molar refractivity (Wildman–Crippen MR) is 80.4 cm³/mol. The topological polar surface area (TPSA) is 61.6 Å². The van der Waals surface area contributed by atoms with E-state index < -0.39 is 6.09 Å². The number of carbonyl (C=O) groups excluding carboxylic acids is 1. The number of carbonyl (C=O) groups is 1. The molecule has 0 bridgehead atoms. The van der Waals surface area contributed by atoms with Crippen molar-refractivity contribution in [2.45, 2.75) is 12.5 Å². The Kier molecular flexibility index (Phi) is 3.71. The number of hydrogen-bond acceptors (Lipinski definition) is 3. The first-order valence-corrected chi connectivity index (χ1v) is 7.00. The average Bonchev–Trinajstić information content (AvgIpc) is 2.47. The molecule has 108 valence electrons. The van der Waals surface area contributed by atoms with Gasteiger partial charge in [0.2, 0.25) is 0 Å². The van der Waals surface area contributed by atoms with Crippen LogP contribution in [-0.2, 0) is 4.74 Å². The highest BCUT2D eigenvalue weighted by molar-refractivity contribution is 6.30. The highest BCUT2D eigenvalue weighted by Gasteiger charge is 2.24. The molecule has 2 aromatic rings. The van der Waals surface area contributed by atoms with Gasteiger partial charge in [-0.2, -0.15) is 0 Å². The van der Waals surface area contributed by atoms with Crippen LogP contribution in [0.2, 0.25) is 5.02 Å². The summed E-state index contributed by atoms with van der Waals surface area (Å²) >= 11 is 5.90. The molecule has 0 saturated carbocycles. The normalized spacial score (nSPS) is 16.7. The van der Waals surface area contributed by atoms with Crippen molar-refractivity contribution in [2.75, 3.05) is 6.61 Å². The lowest BCUT2D eigenvalue weighted by Crippen LogP contribution is -2.22. The smallest absolute Gasteiger partial charge is 0.405 e. The molecule has 1 amide bonds. The van der Waals surface area contributed by atoms with Gasteiger partial charge in [-0.15, -0.1) is 0 Å². The number of primary amides is 1. The van der Waals surface area contributed by atoms with Crippen LogP contribution < -0.4 is 10.5 Å². The predicted octanol–water partition coefficient (Wildman–Crippen LogP) is 3.93. The number of halogens is 1. The Balaban J connectivity index is 1.94. The molecule has 0 fully saturated rings. The number of nitrogens with two attached hydrogens (primary N) is 1. The molecule has 4 nitrogen and oxygen atoms in total. The van der Waals surface area contributed by atoms with Crippen LogP contribution in [0.25, 0.3) is 11.1 Å². The second-order valence-electron chi connectivity index (χ2n) is 4.82. The number of rotatable bonds is 2. The summed E-state index contributed by atoms with van der Waals surface area (Å²) in [4.78, 5) is 10.9. The number of fused-ring (bicyclic) bond motifs is 1. The highest BCUT2D eigenvalue weighted by Crippen LogP contribution is 2.37. The molecule has 0 radical (unpaired) electrons. The molecule has 0 aliphatic carbocycles. The second kappa shape index (κ2) is 5.66. The summed E-state index contributed by atoms with van der Waals surface area (Å²) in [5, 5.41) is 0.697. The lowest BCUT2D eigenvalue weighted by molar-refractivity contribution is 0.0766. The zero-order valence-corrected chi connectivity index (χ0v) is 12.0. The minimum atomic E-state index is -0.769. The first-order valence-electron chi connectivity index (χ1n) is 6.62. The molecule has 2 N–H and O–H groups in total. The summed E-state index contributed by atoms with van der Waals surface area (Å²) in [5.41, 5.74) is 8.01. The highest BCUT2D eigenvalue weighted by atomic mass is 35.5. The van der Waals surface area contributed by atoms with Gasteiger partial charge in [-0.25, -0.2) is 4.79 Å². The first-order chi connectivity index (χ1) is 10.1. The Morgan fingerprint density at radius 1 is 1.19 bits per heavy atom. The van der Waals surface area contributed by atoms with Crippen LogP contribution in [0.1, 0.15) is 18.1 Å². The fourth-order valence-electron chi connectivity index (χ4n) is 2.44. The Hall–Kier alpha value is -2.20. The second-order valence-corrected chi connectivity index (χ2v) is 5.26. The summed E-state index contributed by atoms with van der Waals surface area (Å²) in [6, 6.07) is 13.4. The number of benzene rings is 2.